The van der Waals surface area contributed by atoms with Gasteiger partial charge in [-0.25, -0.2) is 4.39 Å². The summed E-state index contributed by atoms with van der Waals surface area (Å²) in [4.78, 5) is 0. The van der Waals surface area contributed by atoms with E-state index in [9.17, 15) is 4.39 Å². The van der Waals surface area contributed by atoms with E-state index < -0.39 is 5.82 Å². The van der Waals surface area contributed by atoms with Crippen molar-refractivity contribution in [2.75, 3.05) is 5.73 Å². The fourth-order valence-electron chi connectivity index (χ4n) is 2.18. The van der Waals surface area contributed by atoms with Crippen molar-refractivity contribution >= 4 is 29.0 Å². The number of hydrogen-bond acceptors (Lipinski definition) is 2. The summed E-state index contributed by atoms with van der Waals surface area (Å²) in [5, 5.41) is 7.39. The van der Waals surface area contributed by atoms with Crippen LogP contribution in [-0.2, 0) is 0 Å². The number of nitrogens with one attached hydrogen (secondary N) is 1. The summed E-state index contributed by atoms with van der Waals surface area (Å²) < 4.78 is 14.3. The summed E-state index contributed by atoms with van der Waals surface area (Å²) in [5.41, 5.74) is 8.01. The quantitative estimate of drug-likeness (QED) is 0.714. The van der Waals surface area contributed by atoms with Crippen LogP contribution in [0, 0.1) is 5.82 Å². The summed E-state index contributed by atoms with van der Waals surface area (Å²) in [5.74, 6) is -0.332. The van der Waals surface area contributed by atoms with E-state index in [0.717, 1.165) is 5.56 Å². The Morgan fingerprint density at radius 3 is 2.62 bits per heavy atom. The average Bonchev–Trinajstić information content (AvgIpc) is 2.84. The molecule has 1 heterocycles. The maximum absolute atomic E-state index is 14.3. The highest BCUT2D eigenvalue weighted by Crippen LogP contribution is 2.38. The van der Waals surface area contributed by atoms with E-state index in [0.29, 0.717) is 21.8 Å². The molecule has 0 saturated heterocycles. The number of nitrogens with zero attached hydrogens (tertiary/aromatic N) is 1. The predicted octanol–water partition coefficient (Wildman–Crippen LogP) is 4.77. The second kappa shape index (κ2) is 5.39. The van der Waals surface area contributed by atoms with Crippen molar-refractivity contribution in [3.63, 3.8) is 0 Å². The van der Waals surface area contributed by atoms with E-state index in [2.05, 4.69) is 10.2 Å². The van der Waals surface area contributed by atoms with E-state index in [1.165, 1.54) is 6.07 Å². The lowest BCUT2D eigenvalue weighted by molar-refractivity contribution is 0.632. The fraction of sp³-hybridized carbons (Fsp3) is 0. The molecule has 106 valence electrons. The van der Waals surface area contributed by atoms with Gasteiger partial charge in [-0.1, -0.05) is 47.5 Å². The second-order valence-corrected chi connectivity index (χ2v) is 5.31. The first kappa shape index (κ1) is 13.9. The standard InChI is InChI=1S/C15H10Cl2FN3/c16-9-4-1-3-8(7-9)14-12(15(19)21-20-14)10-5-2-6-11(17)13(10)18/h1-7H,(H3,19,20,21). The molecule has 0 aliphatic carbocycles. The van der Waals surface area contributed by atoms with Gasteiger partial charge in [-0.3, -0.25) is 5.10 Å². The molecular weight excluding hydrogens is 312 g/mol. The van der Waals surface area contributed by atoms with E-state index in [1.807, 2.05) is 6.07 Å². The highest BCUT2D eigenvalue weighted by Gasteiger charge is 2.19. The third-order valence-corrected chi connectivity index (χ3v) is 3.66. The van der Waals surface area contributed by atoms with Crippen molar-refractivity contribution in [1.29, 1.82) is 0 Å². The van der Waals surface area contributed by atoms with Crippen LogP contribution in [0.2, 0.25) is 10.0 Å². The van der Waals surface area contributed by atoms with Crippen molar-refractivity contribution in [1.82, 2.24) is 10.2 Å². The number of aromatic amines is 1. The van der Waals surface area contributed by atoms with Gasteiger partial charge in [0.2, 0.25) is 0 Å². The molecule has 3 rings (SSSR count). The maximum Gasteiger partial charge on any atom is 0.153 e. The van der Waals surface area contributed by atoms with Crippen LogP contribution in [-0.4, -0.2) is 10.2 Å². The van der Waals surface area contributed by atoms with Crippen LogP contribution in [0.25, 0.3) is 22.4 Å². The van der Waals surface area contributed by atoms with Crippen molar-refractivity contribution in [3.05, 3.63) is 58.3 Å². The van der Waals surface area contributed by atoms with Gasteiger partial charge < -0.3 is 5.73 Å². The van der Waals surface area contributed by atoms with Crippen LogP contribution in [0.15, 0.2) is 42.5 Å². The minimum absolute atomic E-state index is 0.0325. The lowest BCUT2D eigenvalue weighted by Gasteiger charge is -2.07. The van der Waals surface area contributed by atoms with Crippen molar-refractivity contribution < 1.29 is 4.39 Å². The van der Waals surface area contributed by atoms with Gasteiger partial charge in [-0.2, -0.15) is 5.10 Å². The number of aromatic nitrogens is 2. The lowest BCUT2D eigenvalue weighted by atomic mass is 10.0. The van der Waals surface area contributed by atoms with Crippen molar-refractivity contribution in [3.8, 4) is 22.4 Å². The van der Waals surface area contributed by atoms with E-state index in [-0.39, 0.29) is 10.8 Å². The number of anilines is 1. The van der Waals surface area contributed by atoms with Crippen LogP contribution in [0.4, 0.5) is 10.2 Å². The highest BCUT2D eigenvalue weighted by atomic mass is 35.5. The van der Waals surface area contributed by atoms with Gasteiger partial charge in [0, 0.05) is 16.1 Å². The van der Waals surface area contributed by atoms with Crippen molar-refractivity contribution in [2.24, 2.45) is 0 Å². The number of benzene rings is 2. The molecule has 6 heteroatoms. The lowest BCUT2D eigenvalue weighted by Crippen LogP contribution is -1.92. The zero-order valence-electron chi connectivity index (χ0n) is 10.7. The third kappa shape index (κ3) is 2.48. The molecule has 0 unspecified atom stereocenters. The fourth-order valence-corrected chi connectivity index (χ4v) is 2.54. The topological polar surface area (TPSA) is 54.7 Å². The third-order valence-electron chi connectivity index (χ3n) is 3.13. The Morgan fingerprint density at radius 1 is 1.10 bits per heavy atom. The molecule has 0 aliphatic rings. The highest BCUT2D eigenvalue weighted by molar-refractivity contribution is 6.31. The number of nitrogens with two attached hydrogens (primary N) is 1. The molecule has 0 amide bonds. The van der Waals surface area contributed by atoms with Crippen molar-refractivity contribution in [2.45, 2.75) is 0 Å². The van der Waals surface area contributed by atoms with Crippen LogP contribution in [0.1, 0.15) is 0 Å². The largest absolute Gasteiger partial charge is 0.382 e. The first-order valence-electron chi connectivity index (χ1n) is 6.12. The summed E-state index contributed by atoms with van der Waals surface area (Å²) in [7, 11) is 0. The first-order valence-corrected chi connectivity index (χ1v) is 6.87. The predicted molar refractivity (Wildman–Crippen MR) is 83.9 cm³/mol. The summed E-state index contributed by atoms with van der Waals surface area (Å²) in [6.45, 7) is 0. The monoisotopic (exact) mass is 321 g/mol. The zero-order chi connectivity index (χ0) is 15.0. The number of H-pyrrole nitrogens is 1. The van der Waals surface area contributed by atoms with Gasteiger partial charge >= 0.3 is 0 Å². The molecule has 3 aromatic rings. The molecular formula is C15H10Cl2FN3. The molecule has 0 radical (unpaired) electrons. The smallest absolute Gasteiger partial charge is 0.153 e. The first-order chi connectivity index (χ1) is 10.1. The minimum Gasteiger partial charge on any atom is -0.382 e. The molecule has 0 aliphatic heterocycles. The molecule has 0 spiro atoms. The molecule has 0 bridgehead atoms. The van der Waals surface area contributed by atoms with Crippen LogP contribution >= 0.6 is 23.2 Å². The maximum atomic E-state index is 14.3. The van der Waals surface area contributed by atoms with E-state index in [1.54, 1.807) is 30.3 Å². The van der Waals surface area contributed by atoms with Crippen LogP contribution in [0.3, 0.4) is 0 Å². The Kier molecular flexibility index (Phi) is 3.57. The second-order valence-electron chi connectivity index (χ2n) is 4.47. The van der Waals surface area contributed by atoms with Gasteiger partial charge in [-0.15, -0.1) is 0 Å². The van der Waals surface area contributed by atoms with Crippen LogP contribution in [0.5, 0.6) is 0 Å². The minimum atomic E-state index is -0.532. The molecule has 0 atom stereocenters. The average molecular weight is 322 g/mol. The molecule has 21 heavy (non-hydrogen) atoms. The number of rotatable bonds is 2. The van der Waals surface area contributed by atoms with E-state index >= 15 is 0 Å². The summed E-state index contributed by atoms with van der Waals surface area (Å²) >= 11 is 11.8. The Bertz CT molecular complexity index is 814. The van der Waals surface area contributed by atoms with Gasteiger partial charge in [0.05, 0.1) is 16.3 Å². The number of halogens is 3. The molecule has 1 aromatic heterocycles. The Morgan fingerprint density at radius 2 is 1.86 bits per heavy atom. The Labute approximate surface area is 130 Å². The normalized spacial score (nSPS) is 10.8. The van der Waals surface area contributed by atoms with Gasteiger partial charge in [0.25, 0.3) is 0 Å². The number of nitrogen functional groups attached to an aromatic ring is 1. The summed E-state index contributed by atoms with van der Waals surface area (Å²) in [6, 6.07) is 11.9. The SMILES string of the molecule is Nc1n[nH]c(-c2cccc(Cl)c2)c1-c1cccc(Cl)c1F. The van der Waals surface area contributed by atoms with E-state index in [4.69, 9.17) is 28.9 Å². The Hall–Kier alpha value is -2.04. The molecule has 3 N–H and O–H groups in total. The van der Waals surface area contributed by atoms with Crippen LogP contribution < -0.4 is 5.73 Å². The van der Waals surface area contributed by atoms with Gasteiger partial charge in [-0.05, 0) is 18.2 Å². The molecule has 0 fully saturated rings. The number of hydrogen-bond donors (Lipinski definition) is 2. The van der Waals surface area contributed by atoms with Gasteiger partial charge in [0.1, 0.15) is 5.82 Å². The Balaban J connectivity index is 2.25. The molecule has 2 aromatic carbocycles. The van der Waals surface area contributed by atoms with Gasteiger partial charge in [0.15, 0.2) is 5.82 Å². The summed E-state index contributed by atoms with van der Waals surface area (Å²) in [6.07, 6.45) is 0. The zero-order valence-corrected chi connectivity index (χ0v) is 12.2. The molecule has 3 nitrogen and oxygen atoms in total. The molecule has 0 saturated carbocycles.